The lowest BCUT2D eigenvalue weighted by atomic mass is 10.1. The van der Waals surface area contributed by atoms with E-state index in [2.05, 4.69) is 15.0 Å². The van der Waals surface area contributed by atoms with Gasteiger partial charge in [-0.25, -0.2) is 4.79 Å². The maximum Gasteiger partial charge on any atom is 0.329 e. The zero-order chi connectivity index (χ0) is 11.5. The van der Waals surface area contributed by atoms with Crippen LogP contribution in [0.25, 0.3) is 0 Å². The Hall–Kier alpha value is -1.10. The molecule has 0 spiro atoms. The van der Waals surface area contributed by atoms with Crippen LogP contribution in [0.3, 0.4) is 0 Å². The minimum absolute atomic E-state index is 0.0754. The first-order chi connectivity index (χ1) is 7.70. The zero-order valence-corrected chi connectivity index (χ0v) is 9.57. The zero-order valence-electron chi connectivity index (χ0n) is 9.57. The van der Waals surface area contributed by atoms with Gasteiger partial charge >= 0.3 is 5.97 Å². The smallest absolute Gasteiger partial charge is 0.329 e. The van der Waals surface area contributed by atoms with Gasteiger partial charge in [-0.15, -0.1) is 0 Å². The lowest BCUT2D eigenvalue weighted by Gasteiger charge is -2.35. The molecule has 5 heteroatoms. The van der Waals surface area contributed by atoms with E-state index in [0.717, 1.165) is 12.8 Å². The Bertz CT molecular complexity index is 287. The molecule has 1 N–H and O–H groups in total. The largest absolute Gasteiger partial charge is 0.467 e. The summed E-state index contributed by atoms with van der Waals surface area (Å²) in [6, 6.07) is -0.0231. The Morgan fingerprint density at radius 2 is 2.12 bits per heavy atom. The first-order valence-corrected chi connectivity index (χ1v) is 5.82. The topological polar surface area (TPSA) is 58.6 Å². The van der Waals surface area contributed by atoms with Gasteiger partial charge < -0.3 is 10.1 Å². The minimum Gasteiger partial charge on any atom is -0.467 e. The highest BCUT2D eigenvalue weighted by Crippen LogP contribution is 2.24. The number of nitrogens with zero attached hydrogens (tertiary/aromatic N) is 1. The lowest BCUT2D eigenvalue weighted by molar-refractivity contribution is -0.148. The van der Waals surface area contributed by atoms with Crippen molar-refractivity contribution in [2.24, 2.45) is 0 Å². The van der Waals surface area contributed by atoms with Crippen molar-refractivity contribution in [2.75, 3.05) is 20.2 Å². The normalized spacial score (nSPS) is 27.8. The third-order valence-corrected chi connectivity index (χ3v) is 3.43. The van der Waals surface area contributed by atoms with Crippen molar-refractivity contribution in [1.29, 1.82) is 0 Å². The average Bonchev–Trinajstić information content (AvgIpc) is 2.80. The van der Waals surface area contributed by atoms with Crippen LogP contribution in [0.2, 0.25) is 0 Å². The van der Waals surface area contributed by atoms with Crippen molar-refractivity contribution in [3.8, 4) is 0 Å². The number of hydrogen-bond acceptors (Lipinski definition) is 4. The van der Waals surface area contributed by atoms with E-state index in [1.165, 1.54) is 20.0 Å². The monoisotopic (exact) mass is 226 g/mol. The fourth-order valence-corrected chi connectivity index (χ4v) is 2.59. The highest BCUT2D eigenvalue weighted by atomic mass is 16.5. The molecule has 1 saturated carbocycles. The molecule has 1 unspecified atom stereocenters. The maximum atomic E-state index is 11.5. The number of carbonyl (C=O) groups excluding carboxylic acids is 2. The summed E-state index contributed by atoms with van der Waals surface area (Å²) in [5.74, 6) is -0.426. The molecule has 1 atom stereocenters. The van der Waals surface area contributed by atoms with E-state index in [1.807, 2.05) is 0 Å². The van der Waals surface area contributed by atoms with Crippen LogP contribution in [0.5, 0.6) is 0 Å². The number of nitrogens with one attached hydrogen (secondary N) is 1. The number of carbonyl (C=O) groups is 2. The standard InChI is InChI=1S/C11H18N2O3/c1-16-11(15)9-6-13(7-10(14)12-9)8-4-2-3-5-8/h8-9H,2-7H2,1H3,(H,12,14). The molecule has 0 bridgehead atoms. The fourth-order valence-electron chi connectivity index (χ4n) is 2.59. The van der Waals surface area contributed by atoms with Gasteiger partial charge in [-0.05, 0) is 12.8 Å². The quantitative estimate of drug-likeness (QED) is 0.668. The second-order valence-electron chi connectivity index (χ2n) is 4.51. The van der Waals surface area contributed by atoms with Gasteiger partial charge in [-0.3, -0.25) is 9.69 Å². The molecule has 2 fully saturated rings. The predicted molar refractivity (Wildman–Crippen MR) is 57.8 cm³/mol. The summed E-state index contributed by atoms with van der Waals surface area (Å²) in [5.41, 5.74) is 0. The van der Waals surface area contributed by atoms with Crippen LogP contribution in [0.4, 0.5) is 0 Å². The highest BCUT2D eigenvalue weighted by molar-refractivity contribution is 5.87. The molecular weight excluding hydrogens is 208 g/mol. The van der Waals surface area contributed by atoms with Crippen molar-refractivity contribution in [3.05, 3.63) is 0 Å². The molecule has 1 saturated heterocycles. The van der Waals surface area contributed by atoms with Crippen LogP contribution in [0, 0.1) is 0 Å². The van der Waals surface area contributed by atoms with Gasteiger partial charge in [0.25, 0.3) is 0 Å². The van der Waals surface area contributed by atoms with E-state index in [0.29, 0.717) is 19.1 Å². The molecule has 0 aromatic carbocycles. The molecule has 1 aliphatic heterocycles. The first-order valence-electron chi connectivity index (χ1n) is 5.82. The number of piperazine rings is 1. The molecule has 1 heterocycles. The Morgan fingerprint density at radius 3 is 2.75 bits per heavy atom. The summed E-state index contributed by atoms with van der Waals surface area (Å²) in [6.07, 6.45) is 4.74. The molecule has 90 valence electrons. The van der Waals surface area contributed by atoms with Crippen LogP contribution < -0.4 is 5.32 Å². The van der Waals surface area contributed by atoms with Gasteiger partial charge in [0.2, 0.25) is 5.91 Å². The Labute approximate surface area is 95.1 Å². The average molecular weight is 226 g/mol. The van der Waals surface area contributed by atoms with Crippen LogP contribution in [0.15, 0.2) is 0 Å². The van der Waals surface area contributed by atoms with Gasteiger partial charge in [-0.1, -0.05) is 12.8 Å². The molecule has 1 amide bonds. The molecule has 2 rings (SSSR count). The highest BCUT2D eigenvalue weighted by Gasteiger charge is 2.34. The Balaban J connectivity index is 1.98. The number of ether oxygens (including phenoxy) is 1. The molecule has 0 radical (unpaired) electrons. The van der Waals surface area contributed by atoms with E-state index < -0.39 is 6.04 Å². The van der Waals surface area contributed by atoms with Crippen molar-refractivity contribution in [1.82, 2.24) is 10.2 Å². The molecule has 16 heavy (non-hydrogen) atoms. The third-order valence-electron chi connectivity index (χ3n) is 3.43. The molecule has 5 nitrogen and oxygen atoms in total. The van der Waals surface area contributed by atoms with Gasteiger partial charge in [0.1, 0.15) is 6.04 Å². The number of hydrogen-bond donors (Lipinski definition) is 1. The van der Waals surface area contributed by atoms with Crippen molar-refractivity contribution >= 4 is 11.9 Å². The number of esters is 1. The summed E-state index contributed by atoms with van der Waals surface area (Å²) in [4.78, 5) is 25.0. The lowest BCUT2D eigenvalue weighted by Crippen LogP contribution is -2.59. The van der Waals surface area contributed by atoms with Crippen molar-refractivity contribution in [3.63, 3.8) is 0 Å². The first kappa shape index (κ1) is 11.4. The van der Waals surface area contributed by atoms with Crippen LogP contribution >= 0.6 is 0 Å². The van der Waals surface area contributed by atoms with E-state index in [1.54, 1.807) is 0 Å². The Kier molecular flexibility index (Phi) is 3.43. The van der Waals surface area contributed by atoms with Gasteiger partial charge in [0, 0.05) is 12.6 Å². The van der Waals surface area contributed by atoms with E-state index in [-0.39, 0.29) is 11.9 Å². The van der Waals surface area contributed by atoms with Gasteiger partial charge in [-0.2, -0.15) is 0 Å². The van der Waals surface area contributed by atoms with Gasteiger partial charge in [0.15, 0.2) is 0 Å². The van der Waals surface area contributed by atoms with Crippen LogP contribution in [-0.2, 0) is 14.3 Å². The summed E-state index contributed by atoms with van der Waals surface area (Å²) in [7, 11) is 1.35. The Morgan fingerprint density at radius 1 is 1.44 bits per heavy atom. The number of rotatable bonds is 2. The summed E-state index contributed by atoms with van der Waals surface area (Å²) in [5, 5.41) is 2.67. The molecule has 0 aromatic heterocycles. The van der Waals surface area contributed by atoms with Crippen molar-refractivity contribution in [2.45, 2.75) is 37.8 Å². The number of methoxy groups -OCH3 is 1. The summed E-state index contributed by atoms with van der Waals surface area (Å²) >= 11 is 0. The SMILES string of the molecule is COC(=O)C1CN(C2CCCC2)CC(=O)N1. The second-order valence-corrected chi connectivity index (χ2v) is 4.51. The molecule has 0 aromatic rings. The van der Waals surface area contributed by atoms with E-state index >= 15 is 0 Å². The maximum absolute atomic E-state index is 11.5. The predicted octanol–water partition coefficient (Wildman–Crippen LogP) is -0.0976. The fraction of sp³-hybridized carbons (Fsp3) is 0.818. The van der Waals surface area contributed by atoms with Crippen LogP contribution in [-0.4, -0.2) is 49.1 Å². The van der Waals surface area contributed by atoms with Gasteiger partial charge in [0.05, 0.1) is 13.7 Å². The molecule has 1 aliphatic carbocycles. The number of amides is 1. The van der Waals surface area contributed by atoms with Crippen molar-refractivity contribution < 1.29 is 14.3 Å². The summed E-state index contributed by atoms with van der Waals surface area (Å²) < 4.78 is 4.67. The molecule has 2 aliphatic rings. The van der Waals surface area contributed by atoms with E-state index in [4.69, 9.17) is 0 Å². The van der Waals surface area contributed by atoms with E-state index in [9.17, 15) is 9.59 Å². The minimum atomic E-state index is -0.494. The molecular formula is C11H18N2O3. The van der Waals surface area contributed by atoms with Crippen LogP contribution in [0.1, 0.15) is 25.7 Å². The third kappa shape index (κ3) is 2.35. The second kappa shape index (κ2) is 4.82. The summed E-state index contributed by atoms with van der Waals surface area (Å²) in [6.45, 7) is 1.00.